The normalized spacial score (nSPS) is 18.6. The lowest BCUT2D eigenvalue weighted by molar-refractivity contribution is 0.138. The van der Waals surface area contributed by atoms with Gasteiger partial charge in [0.1, 0.15) is 23.4 Å². The van der Waals surface area contributed by atoms with Crippen molar-refractivity contribution in [3.8, 4) is 17.0 Å². The second-order valence-electron chi connectivity index (χ2n) is 8.03. The summed E-state index contributed by atoms with van der Waals surface area (Å²) in [6, 6.07) is 7.98. The molecule has 0 spiro atoms. The summed E-state index contributed by atoms with van der Waals surface area (Å²) in [5.41, 5.74) is 3.80. The molecule has 5 rings (SSSR count). The van der Waals surface area contributed by atoms with Gasteiger partial charge in [0, 0.05) is 42.6 Å². The fourth-order valence-electron chi connectivity index (χ4n) is 3.90. The molecule has 5 heterocycles. The van der Waals surface area contributed by atoms with E-state index in [4.69, 9.17) is 9.47 Å². The van der Waals surface area contributed by atoms with Crippen LogP contribution in [0.4, 0.5) is 11.6 Å². The summed E-state index contributed by atoms with van der Waals surface area (Å²) in [6.07, 6.45) is 3.75. The molecule has 1 aliphatic heterocycles. The number of anilines is 2. The van der Waals surface area contributed by atoms with E-state index >= 15 is 0 Å². The number of nitrogens with one attached hydrogen (secondary N) is 1. The van der Waals surface area contributed by atoms with Gasteiger partial charge < -0.3 is 14.8 Å². The third-order valence-electron chi connectivity index (χ3n) is 5.44. The molecule has 0 saturated carbocycles. The van der Waals surface area contributed by atoms with Gasteiger partial charge in [-0.3, -0.25) is 4.68 Å². The first-order chi connectivity index (χ1) is 15.0. The van der Waals surface area contributed by atoms with Crippen molar-refractivity contribution in [3.63, 3.8) is 0 Å². The van der Waals surface area contributed by atoms with Gasteiger partial charge in [-0.15, -0.1) is 0 Å². The van der Waals surface area contributed by atoms with Crippen LogP contribution in [0.1, 0.15) is 18.4 Å². The number of ether oxygens (including phenoxy) is 2. The van der Waals surface area contributed by atoms with Crippen molar-refractivity contribution in [2.45, 2.75) is 26.9 Å². The van der Waals surface area contributed by atoms with Crippen molar-refractivity contribution < 1.29 is 9.47 Å². The topological polar surface area (TPSA) is 91.4 Å². The number of hydrogen-bond acceptors (Lipinski definition) is 7. The van der Waals surface area contributed by atoms with Crippen LogP contribution in [-0.4, -0.2) is 48.7 Å². The summed E-state index contributed by atoms with van der Waals surface area (Å²) in [4.78, 5) is 8.74. The molecule has 4 aromatic heterocycles. The average Bonchev–Trinajstić information content (AvgIpc) is 3.39. The molecule has 1 aliphatic rings. The molecule has 0 aromatic carbocycles. The first kappa shape index (κ1) is 19.5. The van der Waals surface area contributed by atoms with Crippen LogP contribution in [0, 0.1) is 19.8 Å². The van der Waals surface area contributed by atoms with E-state index in [-0.39, 0.29) is 6.10 Å². The molecule has 9 nitrogen and oxygen atoms in total. The van der Waals surface area contributed by atoms with E-state index in [1.807, 2.05) is 54.5 Å². The summed E-state index contributed by atoms with van der Waals surface area (Å²) in [7, 11) is 1.92. The molecular formula is C22H25N7O2. The standard InChI is InChI=1S/C22H25N7O2/c1-13-11-30-12-19(13)31-18-10-23-28(4)22(18)16-5-6-29-17(8-16)9-21(27-29)26-20-7-14(2)24-15(3)25-20/h5-10,13,19H,11-12H2,1-4H3,(H,24,25,26,27). The van der Waals surface area contributed by atoms with Crippen LogP contribution in [-0.2, 0) is 11.8 Å². The Kier molecular flexibility index (Phi) is 4.82. The predicted octanol–water partition coefficient (Wildman–Crippen LogP) is 3.30. The molecule has 9 heteroatoms. The lowest BCUT2D eigenvalue weighted by Crippen LogP contribution is -2.23. The Balaban J connectivity index is 1.45. The van der Waals surface area contributed by atoms with E-state index in [9.17, 15) is 0 Å². The van der Waals surface area contributed by atoms with Crippen LogP contribution in [0.3, 0.4) is 0 Å². The number of aromatic nitrogens is 6. The summed E-state index contributed by atoms with van der Waals surface area (Å²) in [5.74, 6) is 3.28. The smallest absolute Gasteiger partial charge is 0.165 e. The molecule has 2 atom stereocenters. The number of pyridine rings is 1. The van der Waals surface area contributed by atoms with Crippen LogP contribution < -0.4 is 10.1 Å². The highest BCUT2D eigenvalue weighted by Crippen LogP contribution is 2.33. The van der Waals surface area contributed by atoms with Crippen LogP contribution >= 0.6 is 0 Å². The first-order valence-corrected chi connectivity index (χ1v) is 10.3. The highest BCUT2D eigenvalue weighted by molar-refractivity contribution is 5.72. The summed E-state index contributed by atoms with van der Waals surface area (Å²) >= 11 is 0. The van der Waals surface area contributed by atoms with Gasteiger partial charge in [-0.05, 0) is 26.0 Å². The Hall–Kier alpha value is -3.46. The maximum Gasteiger partial charge on any atom is 0.165 e. The van der Waals surface area contributed by atoms with Crippen molar-refractivity contribution in [2.24, 2.45) is 13.0 Å². The van der Waals surface area contributed by atoms with E-state index < -0.39 is 0 Å². The zero-order valence-electron chi connectivity index (χ0n) is 18.0. The Morgan fingerprint density at radius 1 is 1.13 bits per heavy atom. The maximum atomic E-state index is 6.26. The van der Waals surface area contributed by atoms with E-state index in [1.54, 1.807) is 6.20 Å². The largest absolute Gasteiger partial charge is 0.484 e. The molecule has 1 saturated heterocycles. The number of aryl methyl sites for hydroxylation is 3. The lowest BCUT2D eigenvalue weighted by Gasteiger charge is -2.16. The van der Waals surface area contributed by atoms with Gasteiger partial charge in [-0.2, -0.15) is 10.2 Å². The molecule has 1 fully saturated rings. The minimum absolute atomic E-state index is 0.0391. The molecule has 2 unspecified atom stereocenters. The van der Waals surface area contributed by atoms with Crippen molar-refractivity contribution in [3.05, 3.63) is 48.2 Å². The van der Waals surface area contributed by atoms with Gasteiger partial charge >= 0.3 is 0 Å². The second kappa shape index (κ2) is 7.66. The molecule has 1 N–H and O–H groups in total. The average molecular weight is 419 g/mol. The van der Waals surface area contributed by atoms with Gasteiger partial charge in [0.05, 0.1) is 24.9 Å². The molecule has 4 aromatic rings. The van der Waals surface area contributed by atoms with Crippen LogP contribution in [0.25, 0.3) is 16.8 Å². The van der Waals surface area contributed by atoms with Crippen molar-refractivity contribution >= 4 is 17.2 Å². The number of hydrogen-bond donors (Lipinski definition) is 1. The van der Waals surface area contributed by atoms with Gasteiger partial charge in [0.2, 0.25) is 0 Å². The fourth-order valence-corrected chi connectivity index (χ4v) is 3.90. The SMILES string of the molecule is Cc1cc(Nc2cc3cc(-c4c(OC5COCC5C)cnn4C)ccn3n2)nc(C)n1. The highest BCUT2D eigenvalue weighted by atomic mass is 16.5. The quantitative estimate of drug-likeness (QED) is 0.531. The summed E-state index contributed by atoms with van der Waals surface area (Å²) in [5, 5.41) is 12.3. The van der Waals surface area contributed by atoms with Gasteiger partial charge in [0.15, 0.2) is 11.6 Å². The minimum Gasteiger partial charge on any atom is -0.484 e. The summed E-state index contributed by atoms with van der Waals surface area (Å²) < 4.78 is 15.5. The van der Waals surface area contributed by atoms with Crippen molar-refractivity contribution in [2.75, 3.05) is 18.5 Å². The third-order valence-corrected chi connectivity index (χ3v) is 5.44. The van der Waals surface area contributed by atoms with E-state index in [0.29, 0.717) is 18.3 Å². The van der Waals surface area contributed by atoms with E-state index in [0.717, 1.165) is 46.5 Å². The molecule has 0 bridgehead atoms. The van der Waals surface area contributed by atoms with Crippen molar-refractivity contribution in [1.29, 1.82) is 0 Å². The Labute approximate surface area is 180 Å². The van der Waals surface area contributed by atoms with E-state index in [2.05, 4.69) is 38.5 Å². The Morgan fingerprint density at radius 2 is 2.00 bits per heavy atom. The number of rotatable bonds is 5. The molecule has 0 amide bonds. The van der Waals surface area contributed by atoms with Gasteiger partial charge in [-0.1, -0.05) is 6.92 Å². The maximum absolute atomic E-state index is 6.26. The lowest BCUT2D eigenvalue weighted by atomic mass is 10.1. The van der Waals surface area contributed by atoms with Crippen LogP contribution in [0.5, 0.6) is 5.75 Å². The Bertz CT molecular complexity index is 1230. The fraction of sp³-hybridized carbons (Fsp3) is 0.364. The molecule has 31 heavy (non-hydrogen) atoms. The van der Waals surface area contributed by atoms with E-state index in [1.165, 1.54) is 0 Å². The zero-order chi connectivity index (χ0) is 21.5. The zero-order valence-corrected chi connectivity index (χ0v) is 18.0. The molecule has 0 aliphatic carbocycles. The monoisotopic (exact) mass is 419 g/mol. The number of nitrogens with zero attached hydrogens (tertiary/aromatic N) is 6. The van der Waals surface area contributed by atoms with Gasteiger partial charge in [0.25, 0.3) is 0 Å². The highest BCUT2D eigenvalue weighted by Gasteiger charge is 2.28. The Morgan fingerprint density at radius 3 is 2.77 bits per heavy atom. The van der Waals surface area contributed by atoms with Crippen LogP contribution in [0.2, 0.25) is 0 Å². The molecular weight excluding hydrogens is 394 g/mol. The second-order valence-corrected chi connectivity index (χ2v) is 8.03. The third kappa shape index (κ3) is 3.84. The minimum atomic E-state index is 0.0391. The molecule has 160 valence electrons. The first-order valence-electron chi connectivity index (χ1n) is 10.3. The number of fused-ring (bicyclic) bond motifs is 1. The van der Waals surface area contributed by atoms with Crippen LogP contribution in [0.15, 0.2) is 36.7 Å². The summed E-state index contributed by atoms with van der Waals surface area (Å²) in [6.45, 7) is 7.29. The van der Waals surface area contributed by atoms with Gasteiger partial charge in [-0.25, -0.2) is 14.5 Å². The molecule has 0 radical (unpaired) electrons. The predicted molar refractivity (Wildman–Crippen MR) is 117 cm³/mol. The van der Waals surface area contributed by atoms with Crippen molar-refractivity contribution in [1.82, 2.24) is 29.4 Å².